The van der Waals surface area contributed by atoms with Crippen LogP contribution in [0.25, 0.3) is 0 Å². The van der Waals surface area contributed by atoms with Gasteiger partial charge in [0, 0.05) is 6.54 Å². The van der Waals surface area contributed by atoms with Crippen LogP contribution in [0.5, 0.6) is 11.5 Å². The van der Waals surface area contributed by atoms with Crippen LogP contribution >= 0.6 is 23.6 Å². The zero-order valence-corrected chi connectivity index (χ0v) is 17.8. The van der Waals surface area contributed by atoms with Crippen molar-refractivity contribution < 1.29 is 9.47 Å². The van der Waals surface area contributed by atoms with Gasteiger partial charge in [-0.05, 0) is 56.0 Å². The zero-order valence-electron chi connectivity index (χ0n) is 16.2. The number of anilines is 2. The minimum atomic E-state index is 0.597. The molecule has 1 N–H and O–H groups in total. The Morgan fingerprint density at radius 3 is 2.82 bits per heavy atom. The van der Waals surface area contributed by atoms with Crippen molar-refractivity contribution in [1.29, 1.82) is 0 Å². The van der Waals surface area contributed by atoms with E-state index in [-0.39, 0.29) is 0 Å². The van der Waals surface area contributed by atoms with E-state index in [1.165, 1.54) is 16.9 Å². The van der Waals surface area contributed by atoms with E-state index in [0.29, 0.717) is 17.2 Å². The van der Waals surface area contributed by atoms with Gasteiger partial charge in [0.25, 0.3) is 0 Å². The van der Waals surface area contributed by atoms with E-state index in [2.05, 4.69) is 28.3 Å². The molecule has 1 aromatic heterocycles. The summed E-state index contributed by atoms with van der Waals surface area (Å²) in [5.74, 6) is 1.66. The molecule has 0 bridgehead atoms. The van der Waals surface area contributed by atoms with E-state index in [0.717, 1.165) is 28.9 Å². The normalized spacial score (nSPS) is 10.9. The number of aromatic nitrogens is 2. The van der Waals surface area contributed by atoms with Crippen molar-refractivity contribution in [2.24, 2.45) is 0 Å². The molecule has 148 valence electrons. The minimum absolute atomic E-state index is 0.597. The lowest BCUT2D eigenvalue weighted by Crippen LogP contribution is -2.27. The van der Waals surface area contributed by atoms with Crippen LogP contribution in [0.15, 0.2) is 48.5 Å². The van der Waals surface area contributed by atoms with E-state index >= 15 is 0 Å². The predicted molar refractivity (Wildman–Crippen MR) is 117 cm³/mol. The lowest BCUT2D eigenvalue weighted by atomic mass is 10.2. The number of aryl methyl sites for hydroxylation is 1. The van der Waals surface area contributed by atoms with Crippen LogP contribution in [0.1, 0.15) is 5.56 Å². The summed E-state index contributed by atoms with van der Waals surface area (Å²) in [7, 11) is 3.67. The molecule has 0 atom stereocenters. The summed E-state index contributed by atoms with van der Waals surface area (Å²) in [6.07, 6.45) is 0. The fourth-order valence-electron chi connectivity index (χ4n) is 2.63. The number of likely N-dealkylation sites (N-methyl/N-ethyl adjacent to an activating group) is 1. The highest BCUT2D eigenvalue weighted by molar-refractivity contribution is 7.73. The number of rotatable bonds is 9. The fraction of sp³-hybridized carbons (Fsp3) is 0.300. The van der Waals surface area contributed by atoms with E-state index in [4.69, 9.17) is 21.7 Å². The zero-order chi connectivity index (χ0) is 19.9. The summed E-state index contributed by atoms with van der Waals surface area (Å²) in [6.45, 7) is 4.02. The first kappa shape index (κ1) is 20.3. The topological polar surface area (TPSA) is 51.5 Å². The lowest BCUT2D eigenvalue weighted by Gasteiger charge is -2.16. The van der Waals surface area contributed by atoms with Crippen LogP contribution < -0.4 is 14.8 Å². The molecule has 0 fully saturated rings. The van der Waals surface area contributed by atoms with E-state index in [1.54, 1.807) is 7.11 Å². The lowest BCUT2D eigenvalue weighted by molar-refractivity contribution is 0.198. The Balaban J connectivity index is 1.55. The van der Waals surface area contributed by atoms with Gasteiger partial charge in [0.15, 0.2) is 3.95 Å². The first-order valence-corrected chi connectivity index (χ1v) is 10.1. The maximum atomic E-state index is 5.81. The number of hydrogen-bond donors (Lipinski definition) is 1. The number of para-hydroxylation sites is 2. The van der Waals surface area contributed by atoms with Crippen molar-refractivity contribution in [1.82, 2.24) is 14.7 Å². The van der Waals surface area contributed by atoms with Crippen molar-refractivity contribution in [3.8, 4) is 11.5 Å². The van der Waals surface area contributed by atoms with Crippen LogP contribution in [-0.2, 0) is 6.67 Å². The van der Waals surface area contributed by atoms with E-state index in [1.807, 2.05) is 54.2 Å². The summed E-state index contributed by atoms with van der Waals surface area (Å²) in [5.41, 5.74) is 2.05. The molecule has 1 heterocycles. The molecule has 3 aromatic rings. The Labute approximate surface area is 174 Å². The van der Waals surface area contributed by atoms with Crippen LogP contribution in [0.2, 0.25) is 0 Å². The van der Waals surface area contributed by atoms with Gasteiger partial charge in [-0.15, -0.1) is 5.10 Å². The average molecular weight is 417 g/mol. The molecule has 6 nitrogen and oxygen atoms in total. The third-order valence-corrected chi connectivity index (χ3v) is 5.28. The van der Waals surface area contributed by atoms with Gasteiger partial charge >= 0.3 is 0 Å². The number of methoxy groups -OCH3 is 1. The van der Waals surface area contributed by atoms with Gasteiger partial charge < -0.3 is 14.8 Å². The summed E-state index contributed by atoms with van der Waals surface area (Å²) in [5, 5.41) is 8.59. The van der Waals surface area contributed by atoms with Crippen LogP contribution in [0.4, 0.5) is 10.8 Å². The van der Waals surface area contributed by atoms with E-state index in [9.17, 15) is 0 Å². The Bertz CT molecular complexity index is 971. The smallest absolute Gasteiger partial charge is 0.209 e. The number of nitrogens with one attached hydrogen (secondary N) is 1. The molecular formula is C20H24N4O2S2. The van der Waals surface area contributed by atoms with Crippen molar-refractivity contribution in [2.45, 2.75) is 13.6 Å². The molecule has 0 saturated heterocycles. The number of nitrogens with zero attached hydrogens (tertiary/aromatic N) is 3. The standard InChI is InChI=1S/C20H24N4O2S2/c1-15-7-6-8-16(13-15)26-12-11-23(2)14-24-20(27)28-19(22-24)21-17-9-4-5-10-18(17)25-3/h4-10,13H,11-12,14H2,1-3H3,(H,21,22). The second-order valence-electron chi connectivity index (χ2n) is 6.38. The molecule has 0 radical (unpaired) electrons. The third kappa shape index (κ3) is 5.54. The van der Waals surface area contributed by atoms with Gasteiger partial charge in [0.1, 0.15) is 18.1 Å². The molecule has 0 aliphatic heterocycles. The van der Waals surface area contributed by atoms with Gasteiger partial charge in [-0.3, -0.25) is 4.90 Å². The Morgan fingerprint density at radius 1 is 1.21 bits per heavy atom. The van der Waals surface area contributed by atoms with Crippen LogP contribution in [0.3, 0.4) is 0 Å². The molecule has 0 unspecified atom stereocenters. The SMILES string of the molecule is COc1ccccc1Nc1nn(CN(C)CCOc2cccc(C)c2)c(=S)s1. The van der Waals surface area contributed by atoms with Crippen molar-refractivity contribution in [2.75, 3.05) is 32.6 Å². The Morgan fingerprint density at radius 2 is 2.04 bits per heavy atom. The molecular weight excluding hydrogens is 392 g/mol. The minimum Gasteiger partial charge on any atom is -0.495 e. The second-order valence-corrected chi connectivity index (χ2v) is 8.01. The Hall–Kier alpha value is -2.42. The summed E-state index contributed by atoms with van der Waals surface area (Å²) in [6, 6.07) is 15.8. The van der Waals surface area contributed by atoms with Crippen molar-refractivity contribution in [3.05, 3.63) is 58.0 Å². The monoisotopic (exact) mass is 416 g/mol. The van der Waals surface area contributed by atoms with Crippen LogP contribution in [0, 0.1) is 10.9 Å². The van der Waals surface area contributed by atoms with E-state index < -0.39 is 0 Å². The predicted octanol–water partition coefficient (Wildman–Crippen LogP) is 4.70. The maximum Gasteiger partial charge on any atom is 0.209 e. The quantitative estimate of drug-likeness (QED) is 0.510. The molecule has 2 aromatic carbocycles. The molecule has 0 spiro atoms. The highest BCUT2D eigenvalue weighted by Crippen LogP contribution is 2.28. The summed E-state index contributed by atoms with van der Waals surface area (Å²) < 4.78 is 13.7. The second kappa shape index (κ2) is 9.68. The highest BCUT2D eigenvalue weighted by Gasteiger charge is 2.09. The van der Waals surface area contributed by atoms with Gasteiger partial charge in [-0.25, -0.2) is 4.68 Å². The fourth-order valence-corrected chi connectivity index (χ4v) is 3.64. The van der Waals surface area contributed by atoms with Gasteiger partial charge in [-0.2, -0.15) is 0 Å². The molecule has 8 heteroatoms. The molecule has 0 amide bonds. The molecule has 0 aliphatic rings. The van der Waals surface area contributed by atoms with Gasteiger partial charge in [0.2, 0.25) is 5.13 Å². The average Bonchev–Trinajstić information content (AvgIpc) is 3.01. The molecule has 3 rings (SSSR count). The van der Waals surface area contributed by atoms with Crippen LogP contribution in [-0.4, -0.2) is 42.0 Å². The molecule has 0 aliphatic carbocycles. The summed E-state index contributed by atoms with van der Waals surface area (Å²) >= 11 is 6.90. The van der Waals surface area contributed by atoms with Gasteiger partial charge in [-0.1, -0.05) is 35.6 Å². The first-order chi connectivity index (χ1) is 13.5. The molecule has 0 saturated carbocycles. The molecule has 28 heavy (non-hydrogen) atoms. The summed E-state index contributed by atoms with van der Waals surface area (Å²) in [4.78, 5) is 2.12. The number of hydrogen-bond acceptors (Lipinski definition) is 7. The first-order valence-electron chi connectivity index (χ1n) is 8.91. The van der Waals surface area contributed by atoms with Crippen molar-refractivity contribution in [3.63, 3.8) is 0 Å². The maximum absolute atomic E-state index is 5.81. The van der Waals surface area contributed by atoms with Gasteiger partial charge in [0.05, 0.1) is 19.5 Å². The Kier molecular flexibility index (Phi) is 7.02. The third-order valence-electron chi connectivity index (χ3n) is 4.06. The number of ether oxygens (including phenoxy) is 2. The largest absolute Gasteiger partial charge is 0.495 e. The van der Waals surface area contributed by atoms with Crippen molar-refractivity contribution >= 4 is 34.4 Å². The highest BCUT2D eigenvalue weighted by atomic mass is 32.1. The number of benzene rings is 2.